The summed E-state index contributed by atoms with van der Waals surface area (Å²) in [4.78, 5) is 28.8. The summed E-state index contributed by atoms with van der Waals surface area (Å²) in [5, 5.41) is 2.72. The zero-order chi connectivity index (χ0) is 12.3. The van der Waals surface area contributed by atoms with Crippen molar-refractivity contribution in [3.63, 3.8) is 0 Å². The Balaban J connectivity index is 2.08. The van der Waals surface area contributed by atoms with Crippen LogP contribution in [-0.4, -0.2) is 41.3 Å². The minimum Gasteiger partial charge on any atom is -0.384 e. The smallest absolute Gasteiger partial charge is 0.255 e. The van der Waals surface area contributed by atoms with Crippen molar-refractivity contribution in [2.75, 3.05) is 25.4 Å². The highest BCUT2D eigenvalue weighted by Crippen LogP contribution is 2.07. The van der Waals surface area contributed by atoms with E-state index in [1.807, 2.05) is 0 Å². The van der Waals surface area contributed by atoms with Crippen LogP contribution in [0.1, 0.15) is 16.8 Å². The van der Waals surface area contributed by atoms with Crippen molar-refractivity contribution in [3.05, 3.63) is 23.9 Å². The van der Waals surface area contributed by atoms with Crippen LogP contribution in [0.25, 0.3) is 0 Å². The maximum absolute atomic E-state index is 12.1. The summed E-state index contributed by atoms with van der Waals surface area (Å²) in [7, 11) is 0. The van der Waals surface area contributed by atoms with Gasteiger partial charge in [-0.15, -0.1) is 0 Å². The van der Waals surface area contributed by atoms with Crippen molar-refractivity contribution in [2.24, 2.45) is 0 Å². The predicted octanol–water partition coefficient (Wildman–Crippen LogP) is -0.374. The lowest BCUT2D eigenvalue weighted by atomic mass is 10.2. The van der Waals surface area contributed by atoms with Crippen molar-refractivity contribution in [2.45, 2.75) is 6.42 Å². The van der Waals surface area contributed by atoms with Gasteiger partial charge in [-0.2, -0.15) is 0 Å². The number of rotatable bonds is 1. The molecule has 0 unspecified atom stereocenters. The lowest BCUT2D eigenvalue weighted by Gasteiger charge is -2.19. The van der Waals surface area contributed by atoms with E-state index in [0.29, 0.717) is 37.4 Å². The molecule has 2 amide bonds. The van der Waals surface area contributed by atoms with Crippen LogP contribution in [0.15, 0.2) is 18.3 Å². The number of carbonyl (C=O) groups is 2. The third kappa shape index (κ3) is 2.72. The van der Waals surface area contributed by atoms with Crippen LogP contribution in [0, 0.1) is 0 Å². The Morgan fingerprint density at radius 1 is 1.41 bits per heavy atom. The molecule has 2 heterocycles. The van der Waals surface area contributed by atoms with Gasteiger partial charge in [0.2, 0.25) is 5.91 Å². The molecule has 0 bridgehead atoms. The fraction of sp³-hybridized carbons (Fsp3) is 0.364. The molecule has 0 aromatic carbocycles. The first-order valence-corrected chi connectivity index (χ1v) is 5.44. The standard InChI is InChI=1S/C11H14N4O2/c12-9-2-1-8(7-14-9)11(17)15-5-3-10(16)13-4-6-15/h1-2,7H,3-6H2,(H2,12,14)(H,13,16). The number of amides is 2. The van der Waals surface area contributed by atoms with Crippen LogP contribution in [-0.2, 0) is 4.79 Å². The first-order chi connectivity index (χ1) is 8.16. The molecule has 1 fully saturated rings. The van der Waals surface area contributed by atoms with Gasteiger partial charge in [-0.05, 0) is 12.1 Å². The van der Waals surface area contributed by atoms with E-state index < -0.39 is 0 Å². The SMILES string of the molecule is Nc1ccc(C(=O)N2CCNC(=O)CC2)cn1. The molecule has 17 heavy (non-hydrogen) atoms. The van der Waals surface area contributed by atoms with Crippen LogP contribution in [0.2, 0.25) is 0 Å². The van der Waals surface area contributed by atoms with Gasteiger partial charge in [-0.1, -0.05) is 0 Å². The highest BCUT2D eigenvalue weighted by molar-refractivity contribution is 5.94. The fourth-order valence-electron chi connectivity index (χ4n) is 1.68. The molecular weight excluding hydrogens is 220 g/mol. The molecule has 3 N–H and O–H groups in total. The number of nitrogens with zero attached hydrogens (tertiary/aromatic N) is 2. The minimum absolute atomic E-state index is 0.0178. The highest BCUT2D eigenvalue weighted by Gasteiger charge is 2.19. The third-order valence-electron chi connectivity index (χ3n) is 2.63. The molecule has 1 aliphatic heterocycles. The van der Waals surface area contributed by atoms with Crippen molar-refractivity contribution in [1.29, 1.82) is 0 Å². The van der Waals surface area contributed by atoms with E-state index in [0.717, 1.165) is 0 Å². The molecule has 1 aliphatic rings. The Morgan fingerprint density at radius 2 is 2.24 bits per heavy atom. The molecule has 0 aliphatic carbocycles. The summed E-state index contributed by atoms with van der Waals surface area (Å²) in [6.45, 7) is 1.46. The zero-order valence-corrected chi connectivity index (χ0v) is 9.35. The summed E-state index contributed by atoms with van der Waals surface area (Å²) in [5.41, 5.74) is 5.95. The molecule has 0 radical (unpaired) electrons. The Morgan fingerprint density at radius 3 is 2.94 bits per heavy atom. The number of nitrogens with two attached hydrogens (primary N) is 1. The number of anilines is 1. The Hall–Kier alpha value is -2.11. The van der Waals surface area contributed by atoms with E-state index in [1.165, 1.54) is 6.20 Å². The largest absolute Gasteiger partial charge is 0.384 e. The van der Waals surface area contributed by atoms with E-state index in [-0.39, 0.29) is 11.8 Å². The van der Waals surface area contributed by atoms with E-state index in [9.17, 15) is 9.59 Å². The van der Waals surface area contributed by atoms with Crippen LogP contribution in [0.4, 0.5) is 5.82 Å². The van der Waals surface area contributed by atoms with E-state index in [2.05, 4.69) is 10.3 Å². The third-order valence-corrected chi connectivity index (χ3v) is 2.63. The van der Waals surface area contributed by atoms with Crippen molar-refractivity contribution in [3.8, 4) is 0 Å². The average molecular weight is 234 g/mol. The molecule has 2 rings (SSSR count). The number of nitrogen functional groups attached to an aromatic ring is 1. The monoisotopic (exact) mass is 234 g/mol. The second-order valence-electron chi connectivity index (χ2n) is 3.86. The van der Waals surface area contributed by atoms with Gasteiger partial charge < -0.3 is 16.0 Å². The molecule has 0 saturated carbocycles. The molecule has 90 valence electrons. The van der Waals surface area contributed by atoms with Crippen LogP contribution in [0.5, 0.6) is 0 Å². The average Bonchev–Trinajstić information content (AvgIpc) is 2.54. The molecule has 6 heteroatoms. The van der Waals surface area contributed by atoms with Gasteiger partial charge in [0, 0.05) is 32.3 Å². The first kappa shape index (κ1) is 11.4. The first-order valence-electron chi connectivity index (χ1n) is 5.44. The van der Waals surface area contributed by atoms with Gasteiger partial charge in [0.1, 0.15) is 5.82 Å². The molecule has 1 saturated heterocycles. The normalized spacial score (nSPS) is 16.2. The van der Waals surface area contributed by atoms with E-state index >= 15 is 0 Å². The second-order valence-corrected chi connectivity index (χ2v) is 3.86. The van der Waals surface area contributed by atoms with Gasteiger partial charge in [0.15, 0.2) is 0 Å². The predicted molar refractivity (Wildman–Crippen MR) is 62.2 cm³/mol. The maximum Gasteiger partial charge on any atom is 0.255 e. The van der Waals surface area contributed by atoms with Crippen LogP contribution >= 0.6 is 0 Å². The van der Waals surface area contributed by atoms with Gasteiger partial charge in [-0.3, -0.25) is 9.59 Å². The number of pyridine rings is 1. The van der Waals surface area contributed by atoms with E-state index in [4.69, 9.17) is 5.73 Å². The van der Waals surface area contributed by atoms with Crippen LogP contribution in [0.3, 0.4) is 0 Å². The summed E-state index contributed by atoms with van der Waals surface area (Å²) in [6, 6.07) is 3.24. The number of aromatic nitrogens is 1. The van der Waals surface area contributed by atoms with Gasteiger partial charge in [0.25, 0.3) is 5.91 Å². The Bertz CT molecular complexity index is 430. The molecule has 0 atom stereocenters. The molecule has 0 spiro atoms. The van der Waals surface area contributed by atoms with Gasteiger partial charge in [0.05, 0.1) is 5.56 Å². The highest BCUT2D eigenvalue weighted by atomic mass is 16.2. The zero-order valence-electron chi connectivity index (χ0n) is 9.35. The van der Waals surface area contributed by atoms with Crippen molar-refractivity contribution < 1.29 is 9.59 Å². The Labute approximate surface area is 98.8 Å². The van der Waals surface area contributed by atoms with Gasteiger partial charge >= 0.3 is 0 Å². The van der Waals surface area contributed by atoms with E-state index in [1.54, 1.807) is 17.0 Å². The number of hydrogen-bond donors (Lipinski definition) is 2. The summed E-state index contributed by atoms with van der Waals surface area (Å²) < 4.78 is 0. The quantitative estimate of drug-likeness (QED) is 0.693. The lowest BCUT2D eigenvalue weighted by Crippen LogP contribution is -2.34. The number of carbonyl (C=O) groups excluding carboxylic acids is 2. The lowest BCUT2D eigenvalue weighted by molar-refractivity contribution is -0.120. The summed E-state index contributed by atoms with van der Waals surface area (Å²) >= 11 is 0. The molecular formula is C11H14N4O2. The maximum atomic E-state index is 12.1. The van der Waals surface area contributed by atoms with Crippen LogP contribution < -0.4 is 11.1 Å². The topological polar surface area (TPSA) is 88.3 Å². The molecule has 1 aromatic heterocycles. The second kappa shape index (κ2) is 4.82. The number of nitrogens with one attached hydrogen (secondary N) is 1. The van der Waals surface area contributed by atoms with Crippen molar-refractivity contribution >= 4 is 17.6 Å². The Kier molecular flexibility index (Phi) is 3.22. The number of hydrogen-bond acceptors (Lipinski definition) is 4. The van der Waals surface area contributed by atoms with Gasteiger partial charge in [-0.25, -0.2) is 4.98 Å². The summed E-state index contributed by atoms with van der Waals surface area (Å²) in [6.07, 6.45) is 1.80. The van der Waals surface area contributed by atoms with Crippen molar-refractivity contribution in [1.82, 2.24) is 15.2 Å². The summed E-state index contributed by atoms with van der Waals surface area (Å²) in [5.74, 6) is 0.249. The molecule has 1 aromatic rings. The minimum atomic E-state index is -0.117. The fourth-order valence-corrected chi connectivity index (χ4v) is 1.68. The molecule has 6 nitrogen and oxygen atoms in total.